The van der Waals surface area contributed by atoms with Crippen LogP contribution in [0.5, 0.6) is 0 Å². The molecule has 1 aromatic rings. The Hall–Kier alpha value is -0.720. The molecule has 0 bridgehead atoms. The summed E-state index contributed by atoms with van der Waals surface area (Å²) in [7, 11) is -4.94. The summed E-state index contributed by atoms with van der Waals surface area (Å²) in [5.41, 5.74) is 1.43. The molecule has 20 heavy (non-hydrogen) atoms. The van der Waals surface area contributed by atoms with Crippen molar-refractivity contribution in [3.63, 3.8) is 0 Å². The van der Waals surface area contributed by atoms with Gasteiger partial charge >= 0.3 is 11.5 Å². The summed E-state index contributed by atoms with van der Waals surface area (Å²) in [6, 6.07) is 4.27. The number of hydrogen-bond donors (Lipinski definition) is 0. The molecule has 0 spiro atoms. The average molecular weight is 307 g/mol. The molecule has 5 nitrogen and oxygen atoms in total. The van der Waals surface area contributed by atoms with Crippen LogP contribution in [-0.2, 0) is 10.8 Å². The van der Waals surface area contributed by atoms with Crippen LogP contribution in [0.25, 0.3) is 0 Å². The predicted molar refractivity (Wildman–Crippen MR) is 65.3 cm³/mol. The lowest BCUT2D eigenvalue weighted by molar-refractivity contribution is -2.00. The van der Waals surface area contributed by atoms with E-state index in [0.717, 1.165) is 11.5 Å². The summed E-state index contributed by atoms with van der Waals surface area (Å²) < 4.78 is 40.0. The molecular weight excluding hydrogens is 284 g/mol. The molecule has 0 saturated carbocycles. The molecule has 6 heteroatoms. The number of rotatable bonds is 0. The lowest BCUT2D eigenvalue weighted by Crippen LogP contribution is -2.68. The van der Waals surface area contributed by atoms with Crippen molar-refractivity contribution in [2.75, 3.05) is 0 Å². The minimum absolute atomic E-state index is 0.0754. The Kier molecular flexibility index (Phi) is 6.14. The Morgan fingerprint density at radius 2 is 1.05 bits per heavy atom. The second-order valence-electron chi connectivity index (χ2n) is 6.74. The lowest BCUT2D eigenvalue weighted by Gasteiger charge is -2.17. The van der Waals surface area contributed by atoms with Gasteiger partial charge in [-0.3, -0.25) is 0 Å². The van der Waals surface area contributed by atoms with Gasteiger partial charge in [-0.05, 0) is 54.0 Å². The first-order valence-electron chi connectivity index (χ1n) is 6.18. The van der Waals surface area contributed by atoms with E-state index in [1.54, 1.807) is 0 Å². The molecule has 0 amide bonds. The standard InChI is InChI=1S/C14H23O.ClHO4/c1-10-8-11(13(2,3)4)15-12(9-10)14(5,6)7;2-1(3,4)5/h8-9H,1-7H3;(H,2,3,4,5)/q+1;/p-1. The Labute approximate surface area is 122 Å². The summed E-state index contributed by atoms with van der Waals surface area (Å²) in [5.74, 6) is 2.12. The van der Waals surface area contributed by atoms with Crippen LogP contribution in [0.2, 0.25) is 0 Å². The van der Waals surface area contributed by atoms with Gasteiger partial charge in [0.2, 0.25) is 0 Å². The maximum Gasteiger partial charge on any atom is 0.334 e. The first kappa shape index (κ1) is 19.3. The maximum absolute atomic E-state index is 8.49. The molecule has 0 aliphatic heterocycles. The monoisotopic (exact) mass is 306 g/mol. The molecule has 1 heterocycles. The summed E-state index contributed by atoms with van der Waals surface area (Å²) in [6.45, 7) is 15.2. The minimum Gasteiger partial charge on any atom is -0.222 e. The van der Waals surface area contributed by atoms with Crippen molar-refractivity contribution in [2.24, 2.45) is 0 Å². The fourth-order valence-corrected chi connectivity index (χ4v) is 1.37. The van der Waals surface area contributed by atoms with E-state index >= 15 is 0 Å². The van der Waals surface area contributed by atoms with E-state index in [-0.39, 0.29) is 10.8 Å². The zero-order valence-electron chi connectivity index (χ0n) is 13.1. The van der Waals surface area contributed by atoms with Gasteiger partial charge in [0, 0.05) is 12.1 Å². The van der Waals surface area contributed by atoms with E-state index in [9.17, 15) is 0 Å². The molecule has 0 N–H and O–H groups in total. The first-order valence-corrected chi connectivity index (χ1v) is 7.41. The average Bonchev–Trinajstić information content (AvgIpc) is 2.10. The van der Waals surface area contributed by atoms with E-state index in [1.807, 2.05) is 0 Å². The van der Waals surface area contributed by atoms with E-state index in [2.05, 4.69) is 60.6 Å². The molecule has 0 radical (unpaired) electrons. The molecule has 0 unspecified atom stereocenters. The van der Waals surface area contributed by atoms with E-state index in [1.165, 1.54) is 5.56 Å². The molecule has 116 valence electrons. The highest BCUT2D eigenvalue weighted by Gasteiger charge is 2.32. The quantitative estimate of drug-likeness (QED) is 0.613. The summed E-state index contributed by atoms with van der Waals surface area (Å²) >= 11 is 0. The molecule has 0 atom stereocenters. The number of halogens is 1. The third-order valence-corrected chi connectivity index (χ3v) is 2.42. The van der Waals surface area contributed by atoms with Gasteiger partial charge in [-0.25, -0.2) is 23.1 Å². The molecule has 0 aliphatic rings. The predicted octanol–water partition coefficient (Wildman–Crippen LogP) is -0.292. The van der Waals surface area contributed by atoms with Crippen LogP contribution < -0.4 is 18.6 Å². The Morgan fingerprint density at radius 1 is 0.800 bits per heavy atom. The van der Waals surface area contributed by atoms with Gasteiger partial charge in [-0.1, -0.05) is 0 Å². The highest BCUT2D eigenvalue weighted by molar-refractivity contribution is 5.23. The van der Waals surface area contributed by atoms with Crippen LogP contribution in [0, 0.1) is 17.2 Å². The van der Waals surface area contributed by atoms with E-state index in [0.29, 0.717) is 0 Å². The van der Waals surface area contributed by atoms with Crippen LogP contribution in [0.15, 0.2) is 16.5 Å². The van der Waals surface area contributed by atoms with Crippen molar-refractivity contribution in [1.29, 1.82) is 0 Å². The zero-order valence-corrected chi connectivity index (χ0v) is 13.8. The Balaban J connectivity index is 0.000000621. The van der Waals surface area contributed by atoms with Crippen molar-refractivity contribution in [1.82, 2.24) is 0 Å². The van der Waals surface area contributed by atoms with Gasteiger partial charge in [0.25, 0.3) is 0 Å². The fraction of sp³-hybridized carbons (Fsp3) is 0.643. The molecule has 1 rings (SSSR count). The van der Waals surface area contributed by atoms with Crippen molar-refractivity contribution < 1.29 is 33.3 Å². The van der Waals surface area contributed by atoms with Crippen molar-refractivity contribution in [3.05, 3.63) is 29.2 Å². The summed E-state index contributed by atoms with van der Waals surface area (Å²) in [6.07, 6.45) is 0. The van der Waals surface area contributed by atoms with Gasteiger partial charge in [0.05, 0.1) is 10.8 Å². The zero-order chi connectivity index (χ0) is 16.4. The lowest BCUT2D eigenvalue weighted by atomic mass is 9.89. The second kappa shape index (κ2) is 6.37. The molecule has 0 fully saturated rings. The number of aryl methyl sites for hydroxylation is 1. The molecular formula is C14H23ClO5. The SMILES string of the molecule is Cc1cc(C(C)(C)C)[o+]c(C(C)(C)C)c1.[O-][Cl+3]([O-])([O-])[O-]. The van der Waals surface area contributed by atoms with Gasteiger partial charge in [0.15, 0.2) is 0 Å². The highest BCUT2D eigenvalue weighted by atomic mass is 35.7. The van der Waals surface area contributed by atoms with E-state index in [4.69, 9.17) is 23.1 Å². The normalized spacial score (nSPS) is 12.8. The third-order valence-electron chi connectivity index (χ3n) is 2.42. The topological polar surface area (TPSA) is 104 Å². The third kappa shape index (κ3) is 8.45. The minimum atomic E-state index is -4.94. The van der Waals surface area contributed by atoms with Gasteiger partial charge in [0.1, 0.15) is 0 Å². The maximum atomic E-state index is 8.49. The molecule has 1 aromatic heterocycles. The van der Waals surface area contributed by atoms with Crippen LogP contribution in [0.4, 0.5) is 0 Å². The van der Waals surface area contributed by atoms with Gasteiger partial charge in [-0.2, -0.15) is 0 Å². The molecule has 0 aliphatic carbocycles. The Bertz CT molecular complexity index is 400. The van der Waals surface area contributed by atoms with Crippen LogP contribution in [0.3, 0.4) is 0 Å². The highest BCUT2D eigenvalue weighted by Crippen LogP contribution is 2.29. The second-order valence-corrected chi connectivity index (χ2v) is 7.50. The largest absolute Gasteiger partial charge is 0.334 e. The van der Waals surface area contributed by atoms with Crippen LogP contribution in [0.1, 0.15) is 58.6 Å². The summed E-state index contributed by atoms with van der Waals surface area (Å²) in [4.78, 5) is 0. The molecule has 0 saturated heterocycles. The van der Waals surface area contributed by atoms with Gasteiger partial charge < -0.3 is 0 Å². The van der Waals surface area contributed by atoms with Crippen LogP contribution in [-0.4, -0.2) is 0 Å². The van der Waals surface area contributed by atoms with E-state index < -0.39 is 10.2 Å². The van der Waals surface area contributed by atoms with Crippen molar-refractivity contribution in [3.8, 4) is 0 Å². The number of hydrogen-bond acceptors (Lipinski definition) is 4. The van der Waals surface area contributed by atoms with Gasteiger partial charge in [-0.15, -0.1) is 10.2 Å². The smallest absolute Gasteiger partial charge is 0.222 e. The molecule has 0 aromatic carbocycles. The first-order chi connectivity index (χ1) is 8.60. The Morgan fingerprint density at radius 3 is 1.25 bits per heavy atom. The fourth-order valence-electron chi connectivity index (χ4n) is 1.37. The van der Waals surface area contributed by atoms with Crippen LogP contribution >= 0.6 is 0 Å². The van der Waals surface area contributed by atoms with Crippen molar-refractivity contribution in [2.45, 2.75) is 59.3 Å². The van der Waals surface area contributed by atoms with Crippen molar-refractivity contribution >= 4 is 0 Å². The summed E-state index contributed by atoms with van der Waals surface area (Å²) in [5, 5.41) is 0.